The van der Waals surface area contributed by atoms with Crippen LogP contribution < -0.4 is 0 Å². The largest absolute Gasteiger partial charge is 0.481 e. The molecule has 7 nitrogen and oxygen atoms in total. The van der Waals surface area contributed by atoms with Gasteiger partial charge in [0, 0.05) is 13.6 Å². The van der Waals surface area contributed by atoms with Gasteiger partial charge in [0.2, 0.25) is 5.91 Å². The van der Waals surface area contributed by atoms with Crippen molar-refractivity contribution in [2.75, 3.05) is 13.6 Å². The van der Waals surface area contributed by atoms with E-state index in [1.807, 2.05) is 0 Å². The molecule has 1 aromatic heterocycles. The maximum Gasteiger partial charge on any atom is 0.308 e. The summed E-state index contributed by atoms with van der Waals surface area (Å²) in [6.07, 6.45) is 4.05. The molecule has 0 saturated carbocycles. The van der Waals surface area contributed by atoms with Gasteiger partial charge in [0.05, 0.1) is 17.3 Å². The van der Waals surface area contributed by atoms with Crippen LogP contribution in [0.1, 0.15) is 31.2 Å². The summed E-state index contributed by atoms with van der Waals surface area (Å²) in [5, 5.41) is 17.0. The van der Waals surface area contributed by atoms with Gasteiger partial charge in [-0.05, 0) is 25.7 Å². The number of carboxylic acid groups (broad SMARTS) is 1. The summed E-state index contributed by atoms with van der Waals surface area (Å²) < 4.78 is 1.65. The van der Waals surface area contributed by atoms with E-state index in [1.165, 1.54) is 4.90 Å². The summed E-state index contributed by atoms with van der Waals surface area (Å²) in [5.74, 6) is -1.62. The summed E-state index contributed by atoms with van der Waals surface area (Å²) in [5.41, 5.74) is 2.04. The molecule has 2 rings (SSSR count). The Balaban J connectivity index is 1.97. The van der Waals surface area contributed by atoms with Crippen molar-refractivity contribution in [1.29, 1.82) is 0 Å². The summed E-state index contributed by atoms with van der Waals surface area (Å²) in [6.45, 7) is 1.92. The van der Waals surface area contributed by atoms with Crippen LogP contribution in [-0.2, 0) is 29.0 Å². The number of rotatable bonds is 5. The van der Waals surface area contributed by atoms with Gasteiger partial charge in [-0.15, -0.1) is 5.10 Å². The molecule has 1 atom stereocenters. The van der Waals surface area contributed by atoms with Gasteiger partial charge in [0.1, 0.15) is 6.54 Å². The van der Waals surface area contributed by atoms with E-state index in [9.17, 15) is 9.59 Å². The molecule has 1 N–H and O–H groups in total. The van der Waals surface area contributed by atoms with Crippen LogP contribution >= 0.6 is 0 Å². The van der Waals surface area contributed by atoms with Crippen molar-refractivity contribution < 1.29 is 14.7 Å². The lowest BCUT2D eigenvalue weighted by Gasteiger charge is -2.20. The number of carboxylic acids is 1. The number of hydrogen-bond acceptors (Lipinski definition) is 4. The molecule has 0 spiro atoms. The first kappa shape index (κ1) is 14.5. The average molecular weight is 280 g/mol. The van der Waals surface area contributed by atoms with Crippen molar-refractivity contribution >= 4 is 11.9 Å². The highest BCUT2D eigenvalue weighted by Crippen LogP contribution is 2.18. The second-order valence-electron chi connectivity index (χ2n) is 5.36. The van der Waals surface area contributed by atoms with Crippen molar-refractivity contribution in [3.8, 4) is 0 Å². The number of carbonyl (C=O) groups is 2. The zero-order valence-electron chi connectivity index (χ0n) is 11.9. The predicted molar refractivity (Wildman–Crippen MR) is 71.1 cm³/mol. The van der Waals surface area contributed by atoms with Crippen molar-refractivity contribution in [3.63, 3.8) is 0 Å². The third-order valence-corrected chi connectivity index (χ3v) is 3.68. The van der Waals surface area contributed by atoms with E-state index >= 15 is 0 Å². The number of aliphatic carboxylic acids is 1. The van der Waals surface area contributed by atoms with Gasteiger partial charge in [-0.1, -0.05) is 12.1 Å². The monoisotopic (exact) mass is 280 g/mol. The Morgan fingerprint density at radius 3 is 2.80 bits per heavy atom. The number of hydrogen-bond donors (Lipinski definition) is 1. The first-order valence-electron chi connectivity index (χ1n) is 6.87. The lowest BCUT2D eigenvalue weighted by molar-refractivity contribution is -0.142. The Morgan fingerprint density at radius 1 is 1.40 bits per heavy atom. The predicted octanol–water partition coefficient (Wildman–Crippen LogP) is 0.336. The molecular weight excluding hydrogens is 260 g/mol. The normalized spacial score (nSPS) is 15.5. The lowest BCUT2D eigenvalue weighted by atomic mass is 10.0. The standard InChI is InChI=1S/C13H20N4O3/c1-9(13(19)20)7-16(2)12(18)8-17-11-6-4-3-5-10(11)14-15-17/h9H,3-8H2,1-2H3,(H,19,20). The maximum atomic E-state index is 12.1. The molecule has 0 bridgehead atoms. The summed E-state index contributed by atoms with van der Waals surface area (Å²) in [6, 6.07) is 0. The molecule has 0 radical (unpaired) electrons. The molecule has 1 heterocycles. The van der Waals surface area contributed by atoms with E-state index in [4.69, 9.17) is 5.11 Å². The SMILES string of the molecule is CC(CN(C)C(=O)Cn1nnc2c1CCCC2)C(=O)O. The molecular formula is C13H20N4O3. The highest BCUT2D eigenvalue weighted by atomic mass is 16.4. The van der Waals surface area contributed by atoms with Crippen LogP contribution in [0.5, 0.6) is 0 Å². The maximum absolute atomic E-state index is 12.1. The van der Waals surface area contributed by atoms with Gasteiger partial charge in [-0.2, -0.15) is 0 Å². The first-order valence-corrected chi connectivity index (χ1v) is 6.87. The molecule has 1 aromatic rings. The van der Waals surface area contributed by atoms with Gasteiger partial charge >= 0.3 is 5.97 Å². The van der Waals surface area contributed by atoms with Crippen molar-refractivity contribution in [3.05, 3.63) is 11.4 Å². The minimum atomic E-state index is -0.900. The van der Waals surface area contributed by atoms with Crippen LogP contribution in [0.2, 0.25) is 0 Å². The van der Waals surface area contributed by atoms with E-state index in [2.05, 4.69) is 10.3 Å². The number of fused-ring (bicyclic) bond motifs is 1. The number of carbonyl (C=O) groups excluding carboxylic acids is 1. The summed E-state index contributed by atoms with van der Waals surface area (Å²) >= 11 is 0. The Labute approximate surface area is 117 Å². The van der Waals surface area contributed by atoms with Crippen molar-refractivity contribution in [2.24, 2.45) is 5.92 Å². The van der Waals surface area contributed by atoms with Crippen LogP contribution in [0.4, 0.5) is 0 Å². The Hall–Kier alpha value is -1.92. The van der Waals surface area contributed by atoms with Crippen LogP contribution in [-0.4, -0.2) is 50.5 Å². The molecule has 0 aromatic carbocycles. The van der Waals surface area contributed by atoms with Crippen LogP contribution in [0, 0.1) is 5.92 Å². The third-order valence-electron chi connectivity index (χ3n) is 3.68. The zero-order valence-corrected chi connectivity index (χ0v) is 11.9. The minimum absolute atomic E-state index is 0.130. The van der Waals surface area contributed by atoms with Gasteiger partial charge < -0.3 is 10.0 Å². The molecule has 7 heteroatoms. The topological polar surface area (TPSA) is 88.3 Å². The van der Waals surface area contributed by atoms with Crippen LogP contribution in [0.15, 0.2) is 0 Å². The second-order valence-corrected chi connectivity index (χ2v) is 5.36. The van der Waals surface area contributed by atoms with E-state index in [1.54, 1.807) is 18.7 Å². The first-order chi connectivity index (χ1) is 9.49. The highest BCUT2D eigenvalue weighted by molar-refractivity contribution is 5.77. The molecule has 0 fully saturated rings. The van der Waals surface area contributed by atoms with E-state index in [0.29, 0.717) is 0 Å². The molecule has 1 unspecified atom stereocenters. The van der Waals surface area contributed by atoms with E-state index in [0.717, 1.165) is 37.1 Å². The Bertz CT molecular complexity index is 512. The Kier molecular flexibility index (Phi) is 4.36. The number of likely N-dealkylation sites (N-methyl/N-ethyl adjacent to an activating group) is 1. The zero-order chi connectivity index (χ0) is 14.7. The van der Waals surface area contributed by atoms with Gasteiger partial charge in [0.25, 0.3) is 0 Å². The quantitative estimate of drug-likeness (QED) is 0.840. The molecule has 20 heavy (non-hydrogen) atoms. The number of nitrogens with zero attached hydrogens (tertiary/aromatic N) is 4. The molecule has 0 saturated heterocycles. The third kappa shape index (κ3) is 3.15. The number of amides is 1. The van der Waals surface area contributed by atoms with Gasteiger partial charge in [-0.3, -0.25) is 9.59 Å². The minimum Gasteiger partial charge on any atom is -0.481 e. The fourth-order valence-electron chi connectivity index (χ4n) is 2.39. The van der Waals surface area contributed by atoms with Crippen molar-refractivity contribution in [1.82, 2.24) is 19.9 Å². The molecule has 1 aliphatic rings. The molecule has 1 amide bonds. The average Bonchev–Trinajstić information content (AvgIpc) is 2.82. The van der Waals surface area contributed by atoms with Gasteiger partial charge in [0.15, 0.2) is 0 Å². The second kappa shape index (κ2) is 6.02. The fraction of sp³-hybridized carbons (Fsp3) is 0.692. The Morgan fingerprint density at radius 2 is 2.10 bits per heavy atom. The summed E-state index contributed by atoms with van der Waals surface area (Å²) in [7, 11) is 1.62. The number of aromatic nitrogens is 3. The smallest absolute Gasteiger partial charge is 0.308 e. The lowest BCUT2D eigenvalue weighted by Crippen LogP contribution is -2.36. The fourth-order valence-corrected chi connectivity index (χ4v) is 2.39. The van der Waals surface area contributed by atoms with E-state index in [-0.39, 0.29) is 19.0 Å². The van der Waals surface area contributed by atoms with Crippen molar-refractivity contribution in [2.45, 2.75) is 39.2 Å². The number of aryl methyl sites for hydroxylation is 1. The van der Waals surface area contributed by atoms with E-state index < -0.39 is 11.9 Å². The van der Waals surface area contributed by atoms with Crippen LogP contribution in [0.3, 0.4) is 0 Å². The molecule has 110 valence electrons. The van der Waals surface area contributed by atoms with Gasteiger partial charge in [-0.25, -0.2) is 4.68 Å². The highest BCUT2D eigenvalue weighted by Gasteiger charge is 2.21. The van der Waals surface area contributed by atoms with Crippen LogP contribution in [0.25, 0.3) is 0 Å². The molecule has 0 aliphatic heterocycles. The molecule has 1 aliphatic carbocycles. The summed E-state index contributed by atoms with van der Waals surface area (Å²) in [4.78, 5) is 24.3.